The van der Waals surface area contributed by atoms with Crippen molar-refractivity contribution < 1.29 is 9.90 Å². The summed E-state index contributed by atoms with van der Waals surface area (Å²) >= 11 is 1.64. The lowest BCUT2D eigenvalue weighted by Gasteiger charge is -2.16. The molecule has 0 radical (unpaired) electrons. The predicted molar refractivity (Wildman–Crippen MR) is 89.8 cm³/mol. The van der Waals surface area contributed by atoms with Crippen molar-refractivity contribution in [2.75, 3.05) is 12.3 Å². The van der Waals surface area contributed by atoms with Crippen LogP contribution in [0.5, 0.6) is 0 Å². The van der Waals surface area contributed by atoms with Gasteiger partial charge in [0, 0.05) is 17.2 Å². The van der Waals surface area contributed by atoms with E-state index in [0.29, 0.717) is 5.56 Å². The third-order valence-corrected chi connectivity index (χ3v) is 4.10. The molecular formula is C17H25NO2S. The first-order valence-corrected chi connectivity index (χ1v) is 8.21. The zero-order valence-electron chi connectivity index (χ0n) is 13.2. The highest BCUT2D eigenvalue weighted by Crippen LogP contribution is 2.23. The van der Waals surface area contributed by atoms with Crippen LogP contribution in [0.1, 0.15) is 38.1 Å². The van der Waals surface area contributed by atoms with Crippen LogP contribution in [0.3, 0.4) is 0 Å². The maximum atomic E-state index is 12.2. The Bertz CT molecular complexity index is 493. The molecule has 1 aromatic rings. The fourth-order valence-corrected chi connectivity index (χ4v) is 2.69. The monoisotopic (exact) mass is 307 g/mol. The Hall–Kier alpha value is -1.26. The number of hydrogen-bond acceptors (Lipinski definition) is 3. The molecule has 116 valence electrons. The predicted octanol–water partition coefficient (Wildman–Crippen LogP) is 3.49. The first kappa shape index (κ1) is 17.8. The van der Waals surface area contributed by atoms with E-state index < -0.39 is 6.10 Å². The lowest BCUT2D eigenvalue weighted by Crippen LogP contribution is -2.34. The molecule has 0 aliphatic rings. The van der Waals surface area contributed by atoms with Crippen LogP contribution in [-0.4, -0.2) is 29.4 Å². The zero-order chi connectivity index (χ0) is 15.8. The van der Waals surface area contributed by atoms with Crippen LogP contribution in [-0.2, 0) is 0 Å². The molecule has 0 bridgehead atoms. The van der Waals surface area contributed by atoms with Gasteiger partial charge in [-0.25, -0.2) is 0 Å². The maximum Gasteiger partial charge on any atom is 0.252 e. The molecule has 1 aromatic carbocycles. The quantitative estimate of drug-likeness (QED) is 0.599. The molecule has 1 amide bonds. The number of carbonyl (C=O) groups is 1. The molecule has 0 heterocycles. The minimum absolute atomic E-state index is 0.130. The van der Waals surface area contributed by atoms with Crippen molar-refractivity contribution in [3.8, 4) is 0 Å². The van der Waals surface area contributed by atoms with Gasteiger partial charge in [0.05, 0.1) is 11.7 Å². The van der Waals surface area contributed by atoms with E-state index in [1.807, 2.05) is 38.1 Å². The smallest absolute Gasteiger partial charge is 0.252 e. The summed E-state index contributed by atoms with van der Waals surface area (Å²) in [5.41, 5.74) is 1.94. The van der Waals surface area contributed by atoms with Gasteiger partial charge in [0.15, 0.2) is 0 Å². The Morgan fingerprint density at radius 2 is 2.00 bits per heavy atom. The van der Waals surface area contributed by atoms with E-state index in [9.17, 15) is 9.90 Å². The molecule has 1 atom stereocenters. The minimum Gasteiger partial charge on any atom is -0.391 e. The number of carbonyl (C=O) groups excluding carboxylic acids is 1. The number of aliphatic hydroxyl groups excluding tert-OH is 1. The number of hydrogen-bond donors (Lipinski definition) is 2. The van der Waals surface area contributed by atoms with Crippen LogP contribution in [0.2, 0.25) is 0 Å². The molecule has 0 aromatic heterocycles. The third-order valence-electron chi connectivity index (χ3n) is 3.10. The first-order chi connectivity index (χ1) is 9.91. The molecule has 4 heteroatoms. The number of nitrogens with one attached hydrogen (secondary N) is 1. The summed E-state index contributed by atoms with van der Waals surface area (Å²) < 4.78 is 0. The fraction of sp³-hybridized carbons (Fsp3) is 0.471. The Morgan fingerprint density at radius 1 is 1.33 bits per heavy atom. The molecule has 0 fully saturated rings. The van der Waals surface area contributed by atoms with Crippen molar-refractivity contribution in [3.05, 3.63) is 41.5 Å². The van der Waals surface area contributed by atoms with Gasteiger partial charge in [-0.05, 0) is 31.9 Å². The van der Waals surface area contributed by atoms with Gasteiger partial charge in [-0.3, -0.25) is 4.79 Å². The number of allylic oxidation sites excluding steroid dienone is 1. The maximum absolute atomic E-state index is 12.2. The standard InChI is InChI=1S/C17H25NO2S/c1-12(2)9-10-21-16-8-6-5-7-14(16)17(20)18-11-15(19)13(3)4/h5-9,13,15,19H,10-11H2,1-4H3,(H,18,20). The summed E-state index contributed by atoms with van der Waals surface area (Å²) in [6.45, 7) is 8.27. The molecule has 1 unspecified atom stereocenters. The van der Waals surface area contributed by atoms with Crippen LogP contribution in [0.4, 0.5) is 0 Å². The summed E-state index contributed by atoms with van der Waals surface area (Å²) in [5.74, 6) is 0.851. The van der Waals surface area contributed by atoms with Crippen molar-refractivity contribution in [1.29, 1.82) is 0 Å². The van der Waals surface area contributed by atoms with Crippen molar-refractivity contribution in [2.24, 2.45) is 5.92 Å². The summed E-state index contributed by atoms with van der Waals surface area (Å²) in [4.78, 5) is 13.2. The number of amides is 1. The molecule has 1 rings (SSSR count). The highest BCUT2D eigenvalue weighted by atomic mass is 32.2. The fourth-order valence-electron chi connectivity index (χ4n) is 1.61. The van der Waals surface area contributed by atoms with E-state index in [4.69, 9.17) is 0 Å². The molecule has 0 spiro atoms. The van der Waals surface area contributed by atoms with Gasteiger partial charge in [-0.15, -0.1) is 11.8 Å². The summed E-state index contributed by atoms with van der Waals surface area (Å²) in [6.07, 6.45) is 1.63. The molecule has 0 saturated carbocycles. The molecule has 21 heavy (non-hydrogen) atoms. The van der Waals surface area contributed by atoms with Crippen LogP contribution in [0.15, 0.2) is 40.8 Å². The van der Waals surface area contributed by atoms with E-state index in [0.717, 1.165) is 10.6 Å². The Labute approximate surface area is 131 Å². The average Bonchev–Trinajstić information content (AvgIpc) is 2.44. The first-order valence-electron chi connectivity index (χ1n) is 7.23. The topological polar surface area (TPSA) is 49.3 Å². The lowest BCUT2D eigenvalue weighted by atomic mass is 10.1. The molecule has 3 nitrogen and oxygen atoms in total. The Balaban J connectivity index is 2.69. The van der Waals surface area contributed by atoms with Crippen molar-refractivity contribution in [2.45, 2.75) is 38.7 Å². The highest BCUT2D eigenvalue weighted by Gasteiger charge is 2.14. The van der Waals surface area contributed by atoms with Crippen molar-refractivity contribution in [3.63, 3.8) is 0 Å². The number of benzene rings is 1. The van der Waals surface area contributed by atoms with E-state index in [1.54, 1.807) is 11.8 Å². The van der Waals surface area contributed by atoms with Gasteiger partial charge >= 0.3 is 0 Å². The van der Waals surface area contributed by atoms with Gasteiger partial charge in [0.25, 0.3) is 5.91 Å². The average molecular weight is 307 g/mol. The number of rotatable bonds is 7. The van der Waals surface area contributed by atoms with Gasteiger partial charge < -0.3 is 10.4 Å². The highest BCUT2D eigenvalue weighted by molar-refractivity contribution is 7.99. The summed E-state index contributed by atoms with van der Waals surface area (Å²) in [6, 6.07) is 7.57. The molecule has 2 N–H and O–H groups in total. The van der Waals surface area contributed by atoms with Gasteiger partial charge in [0.1, 0.15) is 0 Å². The summed E-state index contributed by atoms with van der Waals surface area (Å²) in [7, 11) is 0. The van der Waals surface area contributed by atoms with Gasteiger partial charge in [-0.2, -0.15) is 0 Å². The third kappa shape index (κ3) is 6.36. The Kier molecular flexibility index (Phi) is 7.54. The normalized spacial score (nSPS) is 12.1. The van der Waals surface area contributed by atoms with Crippen LogP contribution in [0.25, 0.3) is 0 Å². The summed E-state index contributed by atoms with van der Waals surface area (Å²) in [5, 5.41) is 12.6. The molecule has 0 saturated heterocycles. The van der Waals surface area contributed by atoms with Crippen molar-refractivity contribution >= 4 is 17.7 Å². The van der Waals surface area contributed by atoms with Crippen LogP contribution in [0, 0.1) is 5.92 Å². The van der Waals surface area contributed by atoms with Crippen LogP contribution < -0.4 is 5.32 Å². The molecular weight excluding hydrogens is 282 g/mol. The number of thioether (sulfide) groups is 1. The van der Waals surface area contributed by atoms with E-state index in [1.165, 1.54) is 5.57 Å². The van der Waals surface area contributed by atoms with Gasteiger partial charge in [-0.1, -0.05) is 37.6 Å². The van der Waals surface area contributed by atoms with Crippen molar-refractivity contribution in [1.82, 2.24) is 5.32 Å². The van der Waals surface area contributed by atoms with Gasteiger partial charge in [0.2, 0.25) is 0 Å². The largest absolute Gasteiger partial charge is 0.391 e. The molecule has 0 aliphatic carbocycles. The zero-order valence-corrected chi connectivity index (χ0v) is 14.0. The Morgan fingerprint density at radius 3 is 2.62 bits per heavy atom. The lowest BCUT2D eigenvalue weighted by molar-refractivity contribution is 0.0869. The minimum atomic E-state index is -0.514. The van der Waals surface area contributed by atoms with E-state index in [-0.39, 0.29) is 18.4 Å². The second-order valence-corrected chi connectivity index (χ2v) is 6.67. The second-order valence-electron chi connectivity index (χ2n) is 5.61. The second kappa shape index (κ2) is 8.90. The number of aliphatic hydroxyl groups is 1. The van der Waals surface area contributed by atoms with E-state index >= 15 is 0 Å². The van der Waals surface area contributed by atoms with E-state index in [2.05, 4.69) is 25.2 Å². The SMILES string of the molecule is CC(C)=CCSc1ccccc1C(=O)NCC(O)C(C)C. The van der Waals surface area contributed by atoms with Crippen LogP contribution >= 0.6 is 11.8 Å². The molecule has 0 aliphatic heterocycles.